The van der Waals surface area contributed by atoms with Crippen LogP contribution < -0.4 is 16.0 Å². The van der Waals surface area contributed by atoms with Gasteiger partial charge in [0.2, 0.25) is 0 Å². The van der Waals surface area contributed by atoms with Crippen molar-refractivity contribution in [1.29, 1.82) is 0 Å². The van der Waals surface area contributed by atoms with Crippen molar-refractivity contribution in [3.05, 3.63) is 29.8 Å². The zero-order valence-corrected chi connectivity index (χ0v) is 11.0. The molecular weight excluding hydrogens is 264 g/mol. The van der Waals surface area contributed by atoms with Crippen LogP contribution in [0.4, 0.5) is 19.3 Å². The van der Waals surface area contributed by atoms with Crippen LogP contribution in [0.1, 0.15) is 12.8 Å². The lowest BCUT2D eigenvalue weighted by Crippen LogP contribution is -2.43. The average Bonchev–Trinajstić information content (AvgIpc) is 2.66. The molecule has 1 saturated carbocycles. The highest BCUT2D eigenvalue weighted by molar-refractivity contribution is 5.89. The molecule has 3 rings (SSSR count). The van der Waals surface area contributed by atoms with E-state index in [2.05, 4.69) is 16.0 Å². The molecular formula is C14H17F2N3O. The number of anilines is 1. The lowest BCUT2D eigenvalue weighted by molar-refractivity contribution is 0.205. The van der Waals surface area contributed by atoms with Gasteiger partial charge in [0, 0.05) is 24.3 Å². The zero-order chi connectivity index (χ0) is 14.1. The van der Waals surface area contributed by atoms with Crippen LogP contribution in [0.2, 0.25) is 0 Å². The van der Waals surface area contributed by atoms with Crippen molar-refractivity contribution in [2.45, 2.75) is 18.9 Å². The highest BCUT2D eigenvalue weighted by Gasteiger charge is 2.41. The summed E-state index contributed by atoms with van der Waals surface area (Å²) in [6, 6.07) is 3.20. The molecule has 1 saturated heterocycles. The van der Waals surface area contributed by atoms with Crippen molar-refractivity contribution in [2.24, 2.45) is 11.8 Å². The Bertz CT molecular complexity index is 523. The minimum absolute atomic E-state index is 0.238. The third-order valence-corrected chi connectivity index (χ3v) is 4.30. The molecule has 3 N–H and O–H groups in total. The van der Waals surface area contributed by atoms with E-state index >= 15 is 0 Å². The minimum Gasteiger partial charge on any atom is -0.336 e. The Morgan fingerprint density at radius 3 is 2.80 bits per heavy atom. The monoisotopic (exact) mass is 281 g/mol. The molecule has 2 fully saturated rings. The lowest BCUT2D eigenvalue weighted by Gasteiger charge is -2.32. The average molecular weight is 281 g/mol. The van der Waals surface area contributed by atoms with Gasteiger partial charge in [0.15, 0.2) is 11.6 Å². The Hall–Kier alpha value is -1.69. The summed E-state index contributed by atoms with van der Waals surface area (Å²) in [4.78, 5) is 11.7. The van der Waals surface area contributed by atoms with Gasteiger partial charge >= 0.3 is 6.03 Å². The number of benzene rings is 1. The maximum Gasteiger partial charge on any atom is 0.319 e. The minimum atomic E-state index is -0.974. The summed E-state index contributed by atoms with van der Waals surface area (Å²) in [5.41, 5.74) is 0.238. The van der Waals surface area contributed by atoms with Gasteiger partial charge < -0.3 is 16.0 Å². The maximum absolute atomic E-state index is 13.0. The number of carbonyl (C=O) groups is 1. The van der Waals surface area contributed by atoms with Crippen molar-refractivity contribution < 1.29 is 13.6 Å². The summed E-state index contributed by atoms with van der Waals surface area (Å²) in [6.45, 7) is 1.58. The van der Waals surface area contributed by atoms with Crippen LogP contribution in [0, 0.1) is 23.5 Å². The first-order valence-electron chi connectivity index (χ1n) is 6.87. The summed E-state index contributed by atoms with van der Waals surface area (Å²) in [5.74, 6) is -0.477. The molecule has 108 valence electrons. The van der Waals surface area contributed by atoms with E-state index in [-0.39, 0.29) is 5.69 Å². The highest BCUT2D eigenvalue weighted by Crippen LogP contribution is 2.40. The van der Waals surface area contributed by atoms with Gasteiger partial charge in [-0.2, -0.15) is 0 Å². The van der Waals surface area contributed by atoms with Gasteiger partial charge in [-0.25, -0.2) is 13.6 Å². The van der Waals surface area contributed by atoms with E-state index in [1.165, 1.54) is 18.9 Å². The van der Waals surface area contributed by atoms with Crippen LogP contribution >= 0.6 is 0 Å². The van der Waals surface area contributed by atoms with Crippen LogP contribution in [-0.4, -0.2) is 25.2 Å². The Morgan fingerprint density at radius 1 is 1.30 bits per heavy atom. The molecule has 1 aromatic rings. The van der Waals surface area contributed by atoms with E-state index < -0.39 is 17.7 Å². The van der Waals surface area contributed by atoms with Crippen LogP contribution in [0.25, 0.3) is 0 Å². The molecule has 0 radical (unpaired) electrons. The first kappa shape index (κ1) is 13.3. The molecule has 0 spiro atoms. The van der Waals surface area contributed by atoms with Crippen molar-refractivity contribution in [2.75, 3.05) is 18.4 Å². The number of carbonyl (C=O) groups excluding carboxylic acids is 1. The van der Waals surface area contributed by atoms with Crippen molar-refractivity contribution >= 4 is 11.7 Å². The number of urea groups is 1. The zero-order valence-electron chi connectivity index (χ0n) is 11.0. The second-order valence-electron chi connectivity index (χ2n) is 5.48. The van der Waals surface area contributed by atoms with E-state index in [9.17, 15) is 13.6 Å². The summed E-state index contributed by atoms with van der Waals surface area (Å²) in [7, 11) is 0. The SMILES string of the molecule is O=C(NCC1NCC2CCC21)Nc1ccc(F)c(F)c1. The topological polar surface area (TPSA) is 53.2 Å². The Balaban J connectivity index is 1.48. The molecule has 1 aliphatic carbocycles. The van der Waals surface area contributed by atoms with Crippen molar-refractivity contribution in [3.8, 4) is 0 Å². The van der Waals surface area contributed by atoms with E-state index in [1.807, 2.05) is 0 Å². The molecule has 6 heteroatoms. The quantitative estimate of drug-likeness (QED) is 0.794. The van der Waals surface area contributed by atoms with Gasteiger partial charge in [-0.3, -0.25) is 0 Å². The molecule has 2 amide bonds. The molecule has 1 aliphatic heterocycles. The second kappa shape index (κ2) is 5.36. The Morgan fingerprint density at radius 2 is 2.15 bits per heavy atom. The first-order chi connectivity index (χ1) is 9.63. The van der Waals surface area contributed by atoms with Gasteiger partial charge in [0.1, 0.15) is 0 Å². The molecule has 3 unspecified atom stereocenters. The summed E-state index contributed by atoms with van der Waals surface area (Å²) >= 11 is 0. The van der Waals surface area contributed by atoms with E-state index in [0.29, 0.717) is 18.5 Å². The van der Waals surface area contributed by atoms with Crippen LogP contribution in [0.5, 0.6) is 0 Å². The summed E-state index contributed by atoms with van der Waals surface area (Å²) < 4.78 is 25.8. The summed E-state index contributed by atoms with van der Waals surface area (Å²) in [5, 5.41) is 8.66. The molecule has 0 aromatic heterocycles. The molecule has 1 heterocycles. The number of amides is 2. The van der Waals surface area contributed by atoms with Gasteiger partial charge in [0.05, 0.1) is 0 Å². The fourth-order valence-electron chi connectivity index (χ4n) is 3.01. The molecule has 4 nitrogen and oxygen atoms in total. The first-order valence-corrected chi connectivity index (χ1v) is 6.87. The molecule has 3 atom stereocenters. The fraction of sp³-hybridized carbons (Fsp3) is 0.500. The second-order valence-corrected chi connectivity index (χ2v) is 5.48. The Kier molecular flexibility index (Phi) is 3.56. The number of hydrogen-bond donors (Lipinski definition) is 3. The highest BCUT2D eigenvalue weighted by atomic mass is 19.2. The molecule has 0 bridgehead atoms. The van der Waals surface area contributed by atoms with Crippen LogP contribution in [-0.2, 0) is 0 Å². The van der Waals surface area contributed by atoms with Gasteiger partial charge in [-0.1, -0.05) is 0 Å². The predicted molar refractivity (Wildman–Crippen MR) is 71.4 cm³/mol. The van der Waals surface area contributed by atoms with Gasteiger partial charge in [-0.05, 0) is 43.4 Å². The number of nitrogens with one attached hydrogen (secondary N) is 3. The third kappa shape index (κ3) is 2.60. The third-order valence-electron chi connectivity index (χ3n) is 4.30. The number of rotatable bonds is 3. The number of fused-ring (bicyclic) bond motifs is 1. The lowest BCUT2D eigenvalue weighted by atomic mass is 9.73. The maximum atomic E-state index is 13.0. The van der Waals surface area contributed by atoms with E-state index in [0.717, 1.165) is 24.6 Å². The van der Waals surface area contributed by atoms with Gasteiger partial charge in [-0.15, -0.1) is 0 Å². The van der Waals surface area contributed by atoms with Crippen molar-refractivity contribution in [3.63, 3.8) is 0 Å². The van der Waals surface area contributed by atoms with Gasteiger partial charge in [0.25, 0.3) is 0 Å². The van der Waals surface area contributed by atoms with Crippen molar-refractivity contribution in [1.82, 2.24) is 10.6 Å². The normalized spacial score (nSPS) is 27.6. The number of hydrogen-bond acceptors (Lipinski definition) is 2. The fourth-order valence-corrected chi connectivity index (χ4v) is 3.01. The van der Waals surface area contributed by atoms with Crippen LogP contribution in [0.15, 0.2) is 18.2 Å². The summed E-state index contributed by atoms with van der Waals surface area (Å²) in [6.07, 6.45) is 2.49. The molecule has 1 aromatic carbocycles. The standard InChI is InChI=1S/C14H17F2N3O/c15-11-4-2-9(5-12(11)16)19-14(20)18-7-13-10-3-1-8(10)6-17-13/h2,4-5,8,10,13,17H,1,3,6-7H2,(H2,18,19,20). The Labute approximate surface area is 115 Å². The number of halogens is 2. The van der Waals surface area contributed by atoms with E-state index in [1.54, 1.807) is 0 Å². The van der Waals surface area contributed by atoms with E-state index in [4.69, 9.17) is 0 Å². The smallest absolute Gasteiger partial charge is 0.319 e. The largest absolute Gasteiger partial charge is 0.336 e. The van der Waals surface area contributed by atoms with Crippen LogP contribution in [0.3, 0.4) is 0 Å². The molecule has 20 heavy (non-hydrogen) atoms. The predicted octanol–water partition coefficient (Wildman–Crippen LogP) is 2.08. The molecule has 2 aliphatic rings.